The van der Waals surface area contributed by atoms with Gasteiger partial charge in [-0.05, 0) is 41.8 Å². The molecular formula is C21H24FN3O2. The van der Waals surface area contributed by atoms with E-state index in [9.17, 15) is 9.18 Å². The number of hydrogen-bond donors (Lipinski definition) is 3. The SMILES string of the molecule is CCCOC[C@H](N)CNC(=O)c1cc2ccc(-c3ccc(F)cc3)cc2[nH]1. The highest BCUT2D eigenvalue weighted by molar-refractivity contribution is 5.98. The lowest BCUT2D eigenvalue weighted by Crippen LogP contribution is -2.40. The molecule has 2 aromatic carbocycles. The van der Waals surface area contributed by atoms with Crippen molar-refractivity contribution in [3.05, 3.63) is 60.0 Å². The molecule has 27 heavy (non-hydrogen) atoms. The topological polar surface area (TPSA) is 80.1 Å². The summed E-state index contributed by atoms with van der Waals surface area (Å²) in [5.74, 6) is -0.475. The van der Waals surface area contributed by atoms with Gasteiger partial charge < -0.3 is 20.8 Å². The number of hydrogen-bond acceptors (Lipinski definition) is 3. The number of amides is 1. The van der Waals surface area contributed by atoms with Gasteiger partial charge in [0.05, 0.1) is 6.61 Å². The van der Waals surface area contributed by atoms with Crippen molar-refractivity contribution in [3.63, 3.8) is 0 Å². The van der Waals surface area contributed by atoms with Gasteiger partial charge in [0.1, 0.15) is 11.5 Å². The molecule has 0 aliphatic heterocycles. The molecule has 3 aromatic rings. The van der Waals surface area contributed by atoms with Crippen LogP contribution in [0.3, 0.4) is 0 Å². The fourth-order valence-corrected chi connectivity index (χ4v) is 2.83. The van der Waals surface area contributed by atoms with E-state index in [2.05, 4.69) is 10.3 Å². The molecule has 0 aliphatic rings. The van der Waals surface area contributed by atoms with E-state index in [0.717, 1.165) is 28.5 Å². The van der Waals surface area contributed by atoms with Crippen LogP contribution >= 0.6 is 0 Å². The largest absolute Gasteiger partial charge is 0.380 e. The Hall–Kier alpha value is -2.70. The minimum Gasteiger partial charge on any atom is -0.380 e. The van der Waals surface area contributed by atoms with Gasteiger partial charge in [-0.15, -0.1) is 0 Å². The van der Waals surface area contributed by atoms with Crippen molar-refractivity contribution in [2.45, 2.75) is 19.4 Å². The van der Waals surface area contributed by atoms with E-state index in [0.29, 0.717) is 25.5 Å². The molecule has 4 N–H and O–H groups in total. The summed E-state index contributed by atoms with van der Waals surface area (Å²) in [4.78, 5) is 15.5. The van der Waals surface area contributed by atoms with Crippen LogP contribution in [0.4, 0.5) is 4.39 Å². The zero-order valence-electron chi connectivity index (χ0n) is 15.3. The summed E-state index contributed by atoms with van der Waals surface area (Å²) in [5, 5.41) is 3.75. The second kappa shape index (κ2) is 8.79. The van der Waals surface area contributed by atoms with E-state index in [1.54, 1.807) is 18.2 Å². The lowest BCUT2D eigenvalue weighted by Gasteiger charge is -2.12. The molecule has 142 valence electrons. The number of rotatable bonds is 8. The average Bonchev–Trinajstić information content (AvgIpc) is 3.10. The van der Waals surface area contributed by atoms with Crippen molar-refractivity contribution in [2.24, 2.45) is 5.73 Å². The molecule has 0 bridgehead atoms. The minimum absolute atomic E-state index is 0.208. The molecule has 0 saturated carbocycles. The predicted octanol–water partition coefficient (Wildman–Crippen LogP) is 3.46. The van der Waals surface area contributed by atoms with Crippen LogP contribution in [0, 0.1) is 5.82 Å². The third kappa shape index (κ3) is 4.93. The normalized spacial score (nSPS) is 12.3. The molecule has 1 amide bonds. The average molecular weight is 369 g/mol. The first-order valence-corrected chi connectivity index (χ1v) is 9.07. The Labute approximate surface area is 157 Å². The van der Waals surface area contributed by atoms with Crippen LogP contribution < -0.4 is 11.1 Å². The maximum atomic E-state index is 13.1. The molecule has 0 radical (unpaired) electrons. The van der Waals surface area contributed by atoms with Crippen LogP contribution in [0.5, 0.6) is 0 Å². The monoisotopic (exact) mass is 369 g/mol. The number of H-pyrrole nitrogens is 1. The third-order valence-corrected chi connectivity index (χ3v) is 4.25. The quantitative estimate of drug-likeness (QED) is 0.532. The molecule has 1 heterocycles. The second-order valence-corrected chi connectivity index (χ2v) is 6.54. The number of carbonyl (C=O) groups excluding carboxylic acids is 1. The highest BCUT2D eigenvalue weighted by atomic mass is 19.1. The molecule has 0 fully saturated rings. The van der Waals surface area contributed by atoms with Gasteiger partial charge in [0.25, 0.3) is 5.91 Å². The maximum absolute atomic E-state index is 13.1. The number of ether oxygens (including phenoxy) is 1. The number of carbonyl (C=O) groups is 1. The number of nitrogens with two attached hydrogens (primary N) is 1. The summed E-state index contributed by atoms with van der Waals surface area (Å²) < 4.78 is 18.5. The second-order valence-electron chi connectivity index (χ2n) is 6.54. The van der Waals surface area contributed by atoms with Gasteiger partial charge in [-0.3, -0.25) is 4.79 Å². The van der Waals surface area contributed by atoms with E-state index in [1.807, 2.05) is 25.1 Å². The fraction of sp³-hybridized carbons (Fsp3) is 0.286. The Morgan fingerprint density at radius 1 is 1.19 bits per heavy atom. The summed E-state index contributed by atoms with van der Waals surface area (Å²) >= 11 is 0. The van der Waals surface area contributed by atoms with Gasteiger partial charge in [-0.1, -0.05) is 31.2 Å². The lowest BCUT2D eigenvalue weighted by atomic mass is 10.0. The molecule has 6 heteroatoms. The summed E-state index contributed by atoms with van der Waals surface area (Å²) in [6, 6.07) is 13.7. The molecule has 0 aliphatic carbocycles. The Morgan fingerprint density at radius 3 is 2.67 bits per heavy atom. The van der Waals surface area contributed by atoms with Crippen molar-refractivity contribution in [1.29, 1.82) is 0 Å². The summed E-state index contributed by atoms with van der Waals surface area (Å²) in [5.41, 5.74) is 9.12. The van der Waals surface area contributed by atoms with Crippen molar-refractivity contribution in [2.75, 3.05) is 19.8 Å². The number of fused-ring (bicyclic) bond motifs is 1. The Bertz CT molecular complexity index is 905. The smallest absolute Gasteiger partial charge is 0.267 e. The van der Waals surface area contributed by atoms with E-state index in [4.69, 9.17) is 10.5 Å². The third-order valence-electron chi connectivity index (χ3n) is 4.25. The van der Waals surface area contributed by atoms with E-state index in [1.165, 1.54) is 12.1 Å². The van der Waals surface area contributed by atoms with Crippen LogP contribution in [0.25, 0.3) is 22.0 Å². The Kier molecular flexibility index (Phi) is 6.21. The van der Waals surface area contributed by atoms with Crippen molar-refractivity contribution in [3.8, 4) is 11.1 Å². The van der Waals surface area contributed by atoms with Crippen LogP contribution in [-0.2, 0) is 4.74 Å². The van der Waals surface area contributed by atoms with Gasteiger partial charge in [-0.2, -0.15) is 0 Å². The van der Waals surface area contributed by atoms with E-state index < -0.39 is 0 Å². The van der Waals surface area contributed by atoms with Crippen molar-refractivity contribution < 1.29 is 13.9 Å². The highest BCUT2D eigenvalue weighted by Gasteiger charge is 2.12. The number of aromatic nitrogens is 1. The van der Waals surface area contributed by atoms with E-state index >= 15 is 0 Å². The van der Waals surface area contributed by atoms with Crippen LogP contribution in [0.2, 0.25) is 0 Å². The molecule has 0 unspecified atom stereocenters. The molecule has 1 atom stereocenters. The minimum atomic E-state index is -0.267. The highest BCUT2D eigenvalue weighted by Crippen LogP contribution is 2.25. The zero-order chi connectivity index (χ0) is 19.2. The zero-order valence-corrected chi connectivity index (χ0v) is 15.3. The van der Waals surface area contributed by atoms with E-state index in [-0.39, 0.29) is 17.8 Å². The number of halogens is 1. The standard InChI is InChI=1S/C21H24FN3O2/c1-2-9-27-13-18(23)12-24-21(26)20-11-16-4-3-15(10-19(16)25-20)14-5-7-17(22)8-6-14/h3-8,10-11,18,25H,2,9,12-13,23H2,1H3,(H,24,26)/t18-/m1/s1. The van der Waals surface area contributed by atoms with Gasteiger partial charge in [0.15, 0.2) is 0 Å². The molecule has 0 saturated heterocycles. The molecule has 3 rings (SSSR count). The first kappa shape index (κ1) is 19.1. The fourth-order valence-electron chi connectivity index (χ4n) is 2.83. The number of benzene rings is 2. The van der Waals surface area contributed by atoms with Crippen LogP contribution in [0.15, 0.2) is 48.5 Å². The summed E-state index contributed by atoms with van der Waals surface area (Å²) in [6.07, 6.45) is 0.939. The van der Waals surface area contributed by atoms with Crippen molar-refractivity contribution >= 4 is 16.8 Å². The van der Waals surface area contributed by atoms with Crippen molar-refractivity contribution in [1.82, 2.24) is 10.3 Å². The van der Waals surface area contributed by atoms with Gasteiger partial charge in [0.2, 0.25) is 0 Å². The lowest BCUT2D eigenvalue weighted by molar-refractivity contribution is 0.0925. The number of aromatic amines is 1. The molecule has 0 spiro atoms. The molecule has 5 nitrogen and oxygen atoms in total. The maximum Gasteiger partial charge on any atom is 0.267 e. The van der Waals surface area contributed by atoms with Gasteiger partial charge >= 0.3 is 0 Å². The summed E-state index contributed by atoms with van der Waals surface area (Å²) in [6.45, 7) is 3.46. The first-order valence-electron chi connectivity index (χ1n) is 9.07. The van der Waals surface area contributed by atoms with Crippen LogP contribution in [-0.4, -0.2) is 36.7 Å². The molecular weight excluding hydrogens is 345 g/mol. The van der Waals surface area contributed by atoms with Crippen LogP contribution in [0.1, 0.15) is 23.8 Å². The first-order chi connectivity index (χ1) is 13.1. The Balaban J connectivity index is 1.67. The Morgan fingerprint density at radius 2 is 1.93 bits per heavy atom. The number of nitrogens with one attached hydrogen (secondary N) is 2. The predicted molar refractivity (Wildman–Crippen MR) is 105 cm³/mol. The summed E-state index contributed by atoms with van der Waals surface area (Å²) in [7, 11) is 0. The van der Waals surface area contributed by atoms with Gasteiger partial charge in [-0.25, -0.2) is 4.39 Å². The molecule has 1 aromatic heterocycles. The van der Waals surface area contributed by atoms with Gasteiger partial charge in [0, 0.05) is 30.1 Å².